The van der Waals surface area contributed by atoms with Gasteiger partial charge in [-0.3, -0.25) is 14.5 Å². The van der Waals surface area contributed by atoms with E-state index in [0.29, 0.717) is 22.2 Å². The maximum absolute atomic E-state index is 12.9. The van der Waals surface area contributed by atoms with Gasteiger partial charge < -0.3 is 9.47 Å². The molecular weight excluding hydrogens is 378 g/mol. The van der Waals surface area contributed by atoms with Gasteiger partial charge in [-0.15, -0.1) is 0 Å². The highest BCUT2D eigenvalue weighted by molar-refractivity contribution is 8.26. The standard InChI is InChI=1S/C20H23N3O2S2/c24-18-7-3-6-16-14-8-13(10-22(16)18)9-21(11-14)12-17-19(25)23(20(26)27-17)15-4-1-2-5-15/h3,6-7,12-15H,1-2,4-5,8-11H2/b17-12-/t13-,14-/m1/s1. The van der Waals surface area contributed by atoms with Crippen LogP contribution in [0.3, 0.4) is 0 Å². The Kier molecular flexibility index (Phi) is 4.39. The zero-order valence-electron chi connectivity index (χ0n) is 15.2. The molecule has 1 aromatic heterocycles. The minimum absolute atomic E-state index is 0.0873. The number of amides is 1. The summed E-state index contributed by atoms with van der Waals surface area (Å²) in [7, 11) is 0. The molecule has 5 rings (SSSR count). The van der Waals surface area contributed by atoms with Crippen molar-refractivity contribution in [1.82, 2.24) is 14.4 Å². The monoisotopic (exact) mass is 401 g/mol. The first-order chi connectivity index (χ1) is 13.1. The van der Waals surface area contributed by atoms with E-state index in [1.807, 2.05) is 21.7 Å². The molecule has 3 aliphatic heterocycles. The molecule has 2 atom stereocenters. The van der Waals surface area contributed by atoms with Crippen molar-refractivity contribution >= 4 is 34.2 Å². The highest BCUT2D eigenvalue weighted by Gasteiger charge is 2.39. The first-order valence-electron chi connectivity index (χ1n) is 9.81. The Balaban J connectivity index is 1.37. The first-order valence-corrected chi connectivity index (χ1v) is 11.0. The number of aromatic nitrogens is 1. The molecule has 1 saturated carbocycles. The van der Waals surface area contributed by atoms with Crippen molar-refractivity contribution in [3.63, 3.8) is 0 Å². The molecule has 3 fully saturated rings. The summed E-state index contributed by atoms with van der Waals surface area (Å²) < 4.78 is 2.66. The summed E-state index contributed by atoms with van der Waals surface area (Å²) >= 11 is 6.97. The Bertz CT molecular complexity index is 887. The number of nitrogens with zero attached hydrogens (tertiary/aromatic N) is 3. The fourth-order valence-electron chi connectivity index (χ4n) is 5.15. The van der Waals surface area contributed by atoms with Crippen LogP contribution in [-0.2, 0) is 11.3 Å². The molecule has 0 spiro atoms. The number of likely N-dealkylation sites (tertiary alicyclic amines) is 1. The lowest BCUT2D eigenvalue weighted by Gasteiger charge is -2.42. The summed E-state index contributed by atoms with van der Waals surface area (Å²) in [6.07, 6.45) is 7.67. The molecule has 0 radical (unpaired) electrons. The van der Waals surface area contributed by atoms with E-state index in [1.54, 1.807) is 6.07 Å². The average Bonchev–Trinajstić information content (AvgIpc) is 3.24. The van der Waals surface area contributed by atoms with Crippen molar-refractivity contribution < 1.29 is 4.79 Å². The predicted molar refractivity (Wildman–Crippen MR) is 110 cm³/mol. The lowest BCUT2D eigenvalue weighted by atomic mass is 9.83. The number of pyridine rings is 1. The summed E-state index contributed by atoms with van der Waals surface area (Å²) in [6.45, 7) is 2.52. The molecule has 2 bridgehead atoms. The number of fused-ring (bicyclic) bond motifs is 4. The number of piperidine rings is 1. The summed E-state index contributed by atoms with van der Waals surface area (Å²) in [6, 6.07) is 5.88. The van der Waals surface area contributed by atoms with Gasteiger partial charge in [0.05, 0.1) is 4.91 Å². The normalized spacial score (nSPS) is 29.7. The largest absolute Gasteiger partial charge is 0.375 e. The second-order valence-electron chi connectivity index (χ2n) is 8.13. The molecule has 0 unspecified atom stereocenters. The minimum atomic E-state index is 0.0873. The molecule has 4 aliphatic rings. The third kappa shape index (κ3) is 3.05. The van der Waals surface area contributed by atoms with Gasteiger partial charge in [0.15, 0.2) is 0 Å². The van der Waals surface area contributed by atoms with Gasteiger partial charge in [0.2, 0.25) is 0 Å². The van der Waals surface area contributed by atoms with Gasteiger partial charge in [0, 0.05) is 49.6 Å². The van der Waals surface area contributed by atoms with E-state index in [0.717, 1.165) is 49.5 Å². The van der Waals surface area contributed by atoms with Crippen molar-refractivity contribution in [3.8, 4) is 0 Å². The van der Waals surface area contributed by atoms with Gasteiger partial charge in [-0.25, -0.2) is 0 Å². The van der Waals surface area contributed by atoms with Gasteiger partial charge in [-0.05, 0) is 31.2 Å². The van der Waals surface area contributed by atoms with Crippen LogP contribution < -0.4 is 5.56 Å². The molecule has 0 N–H and O–H groups in total. The average molecular weight is 402 g/mol. The van der Waals surface area contributed by atoms with Crippen LogP contribution in [-0.4, -0.2) is 43.7 Å². The molecule has 7 heteroatoms. The summed E-state index contributed by atoms with van der Waals surface area (Å²) in [5.41, 5.74) is 1.24. The van der Waals surface area contributed by atoms with Crippen LogP contribution in [0.4, 0.5) is 0 Å². The Morgan fingerprint density at radius 2 is 1.93 bits per heavy atom. The van der Waals surface area contributed by atoms with Crippen molar-refractivity contribution in [3.05, 3.63) is 45.4 Å². The third-order valence-electron chi connectivity index (χ3n) is 6.32. The van der Waals surface area contributed by atoms with Crippen molar-refractivity contribution in [2.75, 3.05) is 13.1 Å². The van der Waals surface area contributed by atoms with Crippen LogP contribution in [0.2, 0.25) is 0 Å². The van der Waals surface area contributed by atoms with Crippen LogP contribution in [0.25, 0.3) is 0 Å². The maximum atomic E-state index is 12.9. The topological polar surface area (TPSA) is 45.6 Å². The lowest BCUT2D eigenvalue weighted by Crippen LogP contribution is -2.45. The highest BCUT2D eigenvalue weighted by Crippen LogP contribution is 2.39. The van der Waals surface area contributed by atoms with Crippen LogP contribution >= 0.6 is 24.0 Å². The molecule has 4 heterocycles. The molecular formula is C20H23N3O2S2. The second-order valence-corrected chi connectivity index (χ2v) is 9.80. The number of carbonyl (C=O) groups excluding carboxylic acids is 1. The van der Waals surface area contributed by atoms with Gasteiger partial charge in [0.1, 0.15) is 4.32 Å². The summed E-state index contributed by atoms with van der Waals surface area (Å²) in [5, 5.41) is 0. The summed E-state index contributed by atoms with van der Waals surface area (Å²) in [4.78, 5) is 30.0. The fourth-order valence-corrected chi connectivity index (χ4v) is 6.56. The smallest absolute Gasteiger partial charge is 0.267 e. The molecule has 5 nitrogen and oxygen atoms in total. The first kappa shape index (κ1) is 17.5. The molecule has 1 aliphatic carbocycles. The second kappa shape index (κ2) is 6.78. The van der Waals surface area contributed by atoms with E-state index in [4.69, 9.17) is 12.2 Å². The number of rotatable bonds is 2. The Hall–Kier alpha value is -1.60. The van der Waals surface area contributed by atoms with Gasteiger partial charge in [-0.1, -0.05) is 42.9 Å². The Morgan fingerprint density at radius 3 is 2.74 bits per heavy atom. The Morgan fingerprint density at radius 1 is 1.11 bits per heavy atom. The van der Waals surface area contributed by atoms with Gasteiger partial charge >= 0.3 is 0 Å². The van der Waals surface area contributed by atoms with E-state index < -0.39 is 0 Å². The summed E-state index contributed by atoms with van der Waals surface area (Å²) in [5.74, 6) is 0.888. The maximum Gasteiger partial charge on any atom is 0.267 e. The van der Waals surface area contributed by atoms with Crippen LogP contribution in [0.1, 0.15) is 43.7 Å². The van der Waals surface area contributed by atoms with E-state index >= 15 is 0 Å². The highest BCUT2D eigenvalue weighted by atomic mass is 32.2. The number of hydrogen-bond donors (Lipinski definition) is 0. The molecule has 0 aromatic carbocycles. The molecule has 1 amide bonds. The zero-order chi connectivity index (χ0) is 18.5. The van der Waals surface area contributed by atoms with E-state index in [1.165, 1.54) is 24.6 Å². The fraction of sp³-hybridized carbons (Fsp3) is 0.550. The van der Waals surface area contributed by atoms with Gasteiger partial charge in [-0.2, -0.15) is 0 Å². The number of thiocarbonyl (C=S) groups is 1. The number of hydrogen-bond acceptors (Lipinski definition) is 5. The minimum Gasteiger partial charge on any atom is -0.375 e. The van der Waals surface area contributed by atoms with Crippen molar-refractivity contribution in [2.24, 2.45) is 5.92 Å². The lowest BCUT2D eigenvalue weighted by molar-refractivity contribution is -0.123. The van der Waals surface area contributed by atoms with Crippen LogP contribution in [0.15, 0.2) is 34.1 Å². The zero-order valence-corrected chi connectivity index (χ0v) is 16.8. The van der Waals surface area contributed by atoms with E-state index in [2.05, 4.69) is 11.0 Å². The van der Waals surface area contributed by atoms with Gasteiger partial charge in [0.25, 0.3) is 11.5 Å². The molecule has 27 heavy (non-hydrogen) atoms. The molecule has 142 valence electrons. The Labute approximate surface area is 168 Å². The SMILES string of the molecule is O=C1/C(=C/N2C[C@H]3C[C@H](C2)c2cccc(=O)n2C3)SC(=S)N1C1CCCC1. The number of thioether (sulfide) groups is 1. The quantitative estimate of drug-likeness (QED) is 0.563. The van der Waals surface area contributed by atoms with Crippen LogP contribution in [0, 0.1) is 5.92 Å². The molecule has 2 saturated heterocycles. The van der Waals surface area contributed by atoms with E-state index in [9.17, 15) is 9.59 Å². The van der Waals surface area contributed by atoms with Crippen LogP contribution in [0.5, 0.6) is 0 Å². The third-order valence-corrected chi connectivity index (χ3v) is 7.64. The van der Waals surface area contributed by atoms with Crippen molar-refractivity contribution in [1.29, 1.82) is 0 Å². The number of carbonyl (C=O) groups is 1. The van der Waals surface area contributed by atoms with Crippen molar-refractivity contribution in [2.45, 2.75) is 50.6 Å². The van der Waals surface area contributed by atoms with E-state index in [-0.39, 0.29) is 11.5 Å². The molecule has 1 aromatic rings. The predicted octanol–water partition coefficient (Wildman–Crippen LogP) is 2.91.